The molecule has 1 unspecified atom stereocenters. The fraction of sp³-hybridized carbons (Fsp3) is 0.500. The van der Waals surface area contributed by atoms with E-state index >= 15 is 0 Å². The minimum absolute atomic E-state index is 0.276. The highest BCUT2D eigenvalue weighted by Gasteiger charge is 2.35. The van der Waals surface area contributed by atoms with Crippen LogP contribution in [0, 0.1) is 0 Å². The normalized spacial score (nSPS) is 13.3. The average molecular weight is 275 g/mol. The number of carbonyl (C=O) groups is 1. The van der Waals surface area contributed by atoms with E-state index < -0.39 is 11.4 Å². The molecule has 20 heavy (non-hydrogen) atoms. The molecule has 1 atom stereocenters. The summed E-state index contributed by atoms with van der Waals surface area (Å²) in [6.45, 7) is 4.66. The van der Waals surface area contributed by atoms with Crippen LogP contribution in [0.15, 0.2) is 29.4 Å². The molecule has 0 spiro atoms. The third-order valence-electron chi connectivity index (χ3n) is 3.51. The average Bonchev–Trinajstić information content (AvgIpc) is 2.48. The van der Waals surface area contributed by atoms with Gasteiger partial charge in [-0.3, -0.25) is 10.1 Å². The Bertz CT molecular complexity index is 493. The lowest BCUT2D eigenvalue weighted by molar-refractivity contribution is -0.125. The number of nitrogens with two attached hydrogens (primary N) is 1. The van der Waals surface area contributed by atoms with E-state index in [4.69, 9.17) is 11.3 Å². The first kappa shape index (κ1) is 16.0. The van der Waals surface area contributed by atoms with E-state index in [0.717, 1.165) is 12.0 Å². The second-order valence-electron chi connectivity index (χ2n) is 4.55. The number of rotatable bonds is 8. The van der Waals surface area contributed by atoms with Gasteiger partial charge in [0.2, 0.25) is 5.91 Å². The minimum Gasteiger partial charge on any atom is -0.368 e. The Morgan fingerprint density at radius 2 is 2.05 bits per heavy atom. The molecular weight excluding hydrogens is 254 g/mol. The van der Waals surface area contributed by atoms with E-state index in [1.807, 2.05) is 31.2 Å². The molecule has 0 aliphatic carbocycles. The van der Waals surface area contributed by atoms with Crippen molar-refractivity contribution in [1.82, 2.24) is 5.32 Å². The Morgan fingerprint density at radius 3 is 2.50 bits per heavy atom. The number of nitrogens with one attached hydrogen (secondary N) is 1. The first-order valence-corrected chi connectivity index (χ1v) is 6.76. The Hall–Kier alpha value is -2.04. The predicted octanol–water partition coefficient (Wildman–Crippen LogP) is 2.24. The summed E-state index contributed by atoms with van der Waals surface area (Å²) in [4.78, 5) is 14.6. The highest BCUT2D eigenvalue weighted by Crippen LogP contribution is 2.25. The van der Waals surface area contributed by atoms with Crippen molar-refractivity contribution in [2.45, 2.75) is 32.2 Å². The third-order valence-corrected chi connectivity index (χ3v) is 3.51. The van der Waals surface area contributed by atoms with Crippen LogP contribution in [0.1, 0.15) is 31.4 Å². The maximum Gasteiger partial charge on any atom is 0.242 e. The molecule has 0 aliphatic heterocycles. The van der Waals surface area contributed by atoms with Crippen LogP contribution in [0.2, 0.25) is 0 Å². The molecule has 1 aromatic carbocycles. The summed E-state index contributed by atoms with van der Waals surface area (Å²) in [5.74, 6) is -0.426. The lowest BCUT2D eigenvalue weighted by Gasteiger charge is -2.31. The highest BCUT2D eigenvalue weighted by atomic mass is 16.1. The van der Waals surface area contributed by atoms with Gasteiger partial charge in [0.25, 0.3) is 0 Å². The standard InChI is InChI=1S/C14H21N5O/c1-3-11-5-7-12(8-6-11)14(4-2,13(15)20)17-9-10-18-19-16/h5-8,17H,3-4,9-10H2,1-2H3,(H2,15,20). The van der Waals surface area contributed by atoms with Crippen molar-refractivity contribution in [2.24, 2.45) is 10.8 Å². The Labute approximate surface area is 119 Å². The summed E-state index contributed by atoms with van der Waals surface area (Å²) >= 11 is 0. The van der Waals surface area contributed by atoms with Crippen molar-refractivity contribution in [3.05, 3.63) is 45.8 Å². The second-order valence-corrected chi connectivity index (χ2v) is 4.55. The summed E-state index contributed by atoms with van der Waals surface area (Å²) in [7, 11) is 0. The molecule has 0 bridgehead atoms. The van der Waals surface area contributed by atoms with E-state index in [1.165, 1.54) is 5.56 Å². The fourth-order valence-electron chi connectivity index (χ4n) is 2.22. The Kier molecular flexibility index (Phi) is 6.03. The van der Waals surface area contributed by atoms with E-state index in [-0.39, 0.29) is 6.54 Å². The summed E-state index contributed by atoms with van der Waals surface area (Å²) in [6, 6.07) is 7.84. The van der Waals surface area contributed by atoms with Gasteiger partial charge in [0.05, 0.1) is 0 Å². The molecule has 0 fully saturated rings. The van der Waals surface area contributed by atoms with Crippen LogP contribution in [0.25, 0.3) is 10.4 Å². The Balaban J connectivity index is 3.02. The molecule has 0 heterocycles. The van der Waals surface area contributed by atoms with Crippen LogP contribution in [-0.2, 0) is 16.8 Å². The number of hydrogen-bond donors (Lipinski definition) is 2. The van der Waals surface area contributed by atoms with Gasteiger partial charge >= 0.3 is 0 Å². The second kappa shape index (κ2) is 7.53. The van der Waals surface area contributed by atoms with Gasteiger partial charge in [0.1, 0.15) is 5.54 Å². The summed E-state index contributed by atoms with van der Waals surface area (Å²) in [5, 5.41) is 6.59. The zero-order valence-electron chi connectivity index (χ0n) is 12.0. The van der Waals surface area contributed by atoms with Gasteiger partial charge < -0.3 is 5.73 Å². The fourth-order valence-corrected chi connectivity index (χ4v) is 2.22. The molecule has 0 saturated heterocycles. The molecule has 3 N–H and O–H groups in total. The van der Waals surface area contributed by atoms with Crippen molar-refractivity contribution < 1.29 is 4.79 Å². The van der Waals surface area contributed by atoms with E-state index in [2.05, 4.69) is 22.3 Å². The molecule has 0 aromatic heterocycles. The molecular formula is C14H21N5O. The number of aryl methyl sites for hydroxylation is 1. The molecule has 6 heteroatoms. The Morgan fingerprint density at radius 1 is 1.40 bits per heavy atom. The van der Waals surface area contributed by atoms with Gasteiger partial charge in [-0.2, -0.15) is 0 Å². The van der Waals surface area contributed by atoms with Crippen LogP contribution in [-0.4, -0.2) is 19.0 Å². The maximum absolute atomic E-state index is 11.9. The van der Waals surface area contributed by atoms with Crippen molar-refractivity contribution >= 4 is 5.91 Å². The predicted molar refractivity (Wildman–Crippen MR) is 79.0 cm³/mol. The quantitative estimate of drug-likeness (QED) is 0.329. The summed E-state index contributed by atoms with van der Waals surface area (Å²) in [5.41, 5.74) is 15.0. The number of azide groups is 1. The molecule has 6 nitrogen and oxygen atoms in total. The molecule has 108 valence electrons. The molecule has 1 rings (SSSR count). The highest BCUT2D eigenvalue weighted by molar-refractivity contribution is 5.86. The van der Waals surface area contributed by atoms with Crippen LogP contribution in [0.3, 0.4) is 0 Å². The summed E-state index contributed by atoms with van der Waals surface area (Å²) < 4.78 is 0. The van der Waals surface area contributed by atoms with Gasteiger partial charge in [0.15, 0.2) is 0 Å². The first-order chi connectivity index (χ1) is 9.60. The number of benzene rings is 1. The minimum atomic E-state index is -0.919. The SMILES string of the molecule is CCc1ccc(C(CC)(NCCN=[N+]=[N-])C(N)=O)cc1. The number of amides is 1. The van der Waals surface area contributed by atoms with Crippen LogP contribution >= 0.6 is 0 Å². The van der Waals surface area contributed by atoms with Gasteiger partial charge in [-0.15, -0.1) is 0 Å². The van der Waals surface area contributed by atoms with Crippen LogP contribution < -0.4 is 11.1 Å². The maximum atomic E-state index is 11.9. The van der Waals surface area contributed by atoms with Crippen LogP contribution in [0.5, 0.6) is 0 Å². The monoisotopic (exact) mass is 275 g/mol. The molecule has 1 amide bonds. The topological polar surface area (TPSA) is 104 Å². The lowest BCUT2D eigenvalue weighted by atomic mass is 9.85. The largest absolute Gasteiger partial charge is 0.368 e. The van der Waals surface area contributed by atoms with Gasteiger partial charge in [-0.05, 0) is 29.5 Å². The van der Waals surface area contributed by atoms with E-state index in [9.17, 15) is 4.79 Å². The van der Waals surface area contributed by atoms with Crippen molar-refractivity contribution in [1.29, 1.82) is 0 Å². The number of primary amides is 1. The first-order valence-electron chi connectivity index (χ1n) is 6.76. The van der Waals surface area contributed by atoms with Crippen molar-refractivity contribution in [3.63, 3.8) is 0 Å². The van der Waals surface area contributed by atoms with E-state index in [0.29, 0.717) is 13.0 Å². The van der Waals surface area contributed by atoms with Crippen molar-refractivity contribution in [3.8, 4) is 0 Å². The molecule has 0 radical (unpaired) electrons. The zero-order chi connectivity index (χ0) is 15.0. The number of nitrogens with zero attached hydrogens (tertiary/aromatic N) is 3. The van der Waals surface area contributed by atoms with Crippen molar-refractivity contribution in [2.75, 3.05) is 13.1 Å². The number of hydrogen-bond acceptors (Lipinski definition) is 3. The molecule has 1 aromatic rings. The third kappa shape index (κ3) is 3.50. The lowest BCUT2D eigenvalue weighted by Crippen LogP contribution is -2.53. The summed E-state index contributed by atoms with van der Waals surface area (Å²) in [6.07, 6.45) is 1.48. The number of carbonyl (C=O) groups excluding carboxylic acids is 1. The molecule has 0 aliphatic rings. The van der Waals surface area contributed by atoms with Gasteiger partial charge in [-0.25, -0.2) is 0 Å². The van der Waals surface area contributed by atoms with E-state index in [1.54, 1.807) is 0 Å². The molecule has 0 saturated carbocycles. The van der Waals surface area contributed by atoms with Gasteiger partial charge in [-0.1, -0.05) is 43.2 Å². The van der Waals surface area contributed by atoms with Crippen LogP contribution in [0.4, 0.5) is 0 Å². The van der Waals surface area contributed by atoms with Gasteiger partial charge in [0, 0.05) is 18.0 Å². The zero-order valence-corrected chi connectivity index (χ0v) is 12.0. The smallest absolute Gasteiger partial charge is 0.242 e.